The molecule has 0 saturated carbocycles. The van der Waals surface area contributed by atoms with Gasteiger partial charge in [-0.2, -0.15) is 0 Å². The summed E-state index contributed by atoms with van der Waals surface area (Å²) >= 11 is 0. The quantitative estimate of drug-likeness (QED) is 0.597. The molecule has 16 heavy (non-hydrogen) atoms. The summed E-state index contributed by atoms with van der Waals surface area (Å²) in [6, 6.07) is 14.2. The summed E-state index contributed by atoms with van der Waals surface area (Å²) in [6.45, 7) is 1.15. The highest BCUT2D eigenvalue weighted by Gasteiger charge is 2.00. The van der Waals surface area contributed by atoms with E-state index >= 15 is 0 Å². The van der Waals surface area contributed by atoms with E-state index in [2.05, 4.69) is 23.7 Å². The van der Waals surface area contributed by atoms with Gasteiger partial charge in [-0.1, -0.05) is 36.4 Å². The molecule has 0 aliphatic rings. The number of nitrogens with one attached hydrogen (secondary N) is 1. The van der Waals surface area contributed by atoms with Gasteiger partial charge >= 0.3 is 0 Å². The van der Waals surface area contributed by atoms with Crippen LogP contribution in [0.5, 0.6) is 5.75 Å². The lowest BCUT2D eigenvalue weighted by Gasteiger charge is -2.08. The van der Waals surface area contributed by atoms with E-state index in [1.165, 1.54) is 5.39 Å². The molecular weight excluding hydrogens is 202 g/mol. The van der Waals surface area contributed by atoms with Crippen molar-refractivity contribution in [2.24, 2.45) is 0 Å². The van der Waals surface area contributed by atoms with Gasteiger partial charge in [0, 0.05) is 11.9 Å². The number of fused-ring (bicyclic) bond motifs is 1. The summed E-state index contributed by atoms with van der Waals surface area (Å²) in [5.41, 5.74) is 2.11. The third kappa shape index (κ3) is 2.51. The summed E-state index contributed by atoms with van der Waals surface area (Å²) in [6.07, 6.45) is 0.778. The van der Waals surface area contributed by atoms with Gasteiger partial charge in [-0.15, -0.1) is 0 Å². The maximum atomic E-state index is 8.43. The number of benzene rings is 2. The highest BCUT2D eigenvalue weighted by Crippen LogP contribution is 2.24. The van der Waals surface area contributed by atoms with Gasteiger partial charge in [0.2, 0.25) is 0 Å². The average molecular weight is 217 g/mol. The van der Waals surface area contributed by atoms with Crippen molar-refractivity contribution < 1.29 is 9.94 Å². The Morgan fingerprint density at radius 2 is 1.88 bits per heavy atom. The number of ether oxygens (including phenoxy) is 1. The first-order chi connectivity index (χ1) is 7.92. The van der Waals surface area contributed by atoms with E-state index in [-0.39, 0.29) is 0 Å². The van der Waals surface area contributed by atoms with Crippen LogP contribution in [0.3, 0.4) is 0 Å². The molecule has 0 atom stereocenters. The van der Waals surface area contributed by atoms with Crippen LogP contribution in [-0.4, -0.2) is 18.4 Å². The second-order valence-corrected chi connectivity index (χ2v) is 3.59. The lowest BCUT2D eigenvalue weighted by atomic mass is 10.1. The molecule has 0 bridgehead atoms. The van der Waals surface area contributed by atoms with E-state index in [0.29, 0.717) is 13.2 Å². The lowest BCUT2D eigenvalue weighted by Crippen LogP contribution is -2.12. The molecule has 0 aliphatic heterocycles. The van der Waals surface area contributed by atoms with Gasteiger partial charge in [-0.25, -0.2) is 5.48 Å². The number of rotatable bonds is 5. The first kappa shape index (κ1) is 10.9. The number of hydrogen-bond acceptors (Lipinski definition) is 3. The molecule has 2 aromatic carbocycles. The second-order valence-electron chi connectivity index (χ2n) is 3.59. The third-order valence-corrected chi connectivity index (χ3v) is 2.44. The second kappa shape index (κ2) is 5.49. The molecule has 3 nitrogen and oxygen atoms in total. The predicted octanol–water partition coefficient (Wildman–Crippen LogP) is 2.59. The molecule has 0 radical (unpaired) electrons. The van der Waals surface area contributed by atoms with Gasteiger partial charge in [0.15, 0.2) is 0 Å². The molecule has 0 spiro atoms. The van der Waals surface area contributed by atoms with Crippen molar-refractivity contribution in [2.45, 2.75) is 6.42 Å². The molecular formula is C13H15NO2. The van der Waals surface area contributed by atoms with Crippen molar-refractivity contribution in [3.8, 4) is 5.75 Å². The van der Waals surface area contributed by atoms with Crippen LogP contribution in [0.4, 0.5) is 0 Å². The molecule has 0 heterocycles. The minimum Gasteiger partial charge on any atom is -0.493 e. The van der Waals surface area contributed by atoms with Crippen LogP contribution in [0.25, 0.3) is 10.8 Å². The normalized spacial score (nSPS) is 10.6. The number of hydroxylamine groups is 1. The van der Waals surface area contributed by atoms with E-state index in [1.807, 2.05) is 24.3 Å². The van der Waals surface area contributed by atoms with Crippen LogP contribution in [0.1, 0.15) is 6.42 Å². The van der Waals surface area contributed by atoms with Crippen molar-refractivity contribution >= 4 is 10.8 Å². The predicted molar refractivity (Wildman–Crippen MR) is 63.8 cm³/mol. The fraction of sp³-hybridized carbons (Fsp3) is 0.231. The van der Waals surface area contributed by atoms with E-state index in [9.17, 15) is 0 Å². The molecule has 84 valence electrons. The Morgan fingerprint density at radius 3 is 2.75 bits per heavy atom. The van der Waals surface area contributed by atoms with Crippen molar-refractivity contribution in [1.29, 1.82) is 0 Å². The highest BCUT2D eigenvalue weighted by molar-refractivity contribution is 5.88. The van der Waals surface area contributed by atoms with Gasteiger partial charge < -0.3 is 9.94 Å². The standard InChI is InChI=1S/C13H15NO2/c15-14-9-4-10-16-13-8-3-6-11-5-1-2-7-12(11)13/h1-3,5-8,14-15H,4,9-10H2. The van der Waals surface area contributed by atoms with Crippen molar-refractivity contribution in [2.75, 3.05) is 13.2 Å². The third-order valence-electron chi connectivity index (χ3n) is 2.44. The molecule has 2 N–H and O–H groups in total. The minimum absolute atomic E-state index is 0.546. The molecule has 2 rings (SSSR count). The van der Waals surface area contributed by atoms with Gasteiger partial charge in [-0.3, -0.25) is 0 Å². The maximum Gasteiger partial charge on any atom is 0.127 e. The summed E-state index contributed by atoms with van der Waals surface area (Å²) in [5, 5.41) is 10.7. The Labute approximate surface area is 94.6 Å². The van der Waals surface area contributed by atoms with Crippen LogP contribution in [0.2, 0.25) is 0 Å². The van der Waals surface area contributed by atoms with Crippen LogP contribution in [0, 0.1) is 0 Å². The first-order valence-corrected chi connectivity index (χ1v) is 5.39. The fourth-order valence-electron chi connectivity index (χ4n) is 1.65. The Morgan fingerprint density at radius 1 is 1.06 bits per heavy atom. The van der Waals surface area contributed by atoms with Gasteiger partial charge in [0.05, 0.1) is 6.61 Å². The first-order valence-electron chi connectivity index (χ1n) is 5.39. The van der Waals surface area contributed by atoms with E-state index in [1.54, 1.807) is 0 Å². The Balaban J connectivity index is 2.11. The average Bonchev–Trinajstić information content (AvgIpc) is 2.35. The SMILES string of the molecule is ONCCCOc1cccc2ccccc12. The molecule has 2 aromatic rings. The maximum absolute atomic E-state index is 8.43. The Hall–Kier alpha value is -1.58. The van der Waals surface area contributed by atoms with Crippen LogP contribution < -0.4 is 10.2 Å². The van der Waals surface area contributed by atoms with Crippen LogP contribution >= 0.6 is 0 Å². The highest BCUT2D eigenvalue weighted by atomic mass is 16.5. The molecule has 0 aromatic heterocycles. The van der Waals surface area contributed by atoms with Gasteiger partial charge in [-0.05, 0) is 17.9 Å². The molecule has 0 aliphatic carbocycles. The lowest BCUT2D eigenvalue weighted by molar-refractivity contribution is 0.157. The van der Waals surface area contributed by atoms with Crippen LogP contribution in [0.15, 0.2) is 42.5 Å². The molecule has 0 unspecified atom stereocenters. The van der Waals surface area contributed by atoms with Crippen molar-refractivity contribution in [3.05, 3.63) is 42.5 Å². The van der Waals surface area contributed by atoms with Crippen LogP contribution in [-0.2, 0) is 0 Å². The monoisotopic (exact) mass is 217 g/mol. The minimum atomic E-state index is 0.546. The molecule has 0 saturated heterocycles. The summed E-state index contributed by atoms with van der Waals surface area (Å²) in [7, 11) is 0. The van der Waals surface area contributed by atoms with Gasteiger partial charge in [0.1, 0.15) is 5.75 Å². The summed E-state index contributed by atoms with van der Waals surface area (Å²) in [5.74, 6) is 0.899. The van der Waals surface area contributed by atoms with Gasteiger partial charge in [0.25, 0.3) is 0 Å². The molecule has 3 heteroatoms. The molecule has 0 amide bonds. The fourth-order valence-corrected chi connectivity index (χ4v) is 1.65. The number of hydrogen-bond donors (Lipinski definition) is 2. The topological polar surface area (TPSA) is 41.5 Å². The van der Waals surface area contributed by atoms with E-state index in [0.717, 1.165) is 17.6 Å². The van der Waals surface area contributed by atoms with Crippen molar-refractivity contribution in [1.82, 2.24) is 5.48 Å². The van der Waals surface area contributed by atoms with E-state index in [4.69, 9.17) is 9.94 Å². The summed E-state index contributed by atoms with van der Waals surface area (Å²) < 4.78 is 5.67. The zero-order valence-electron chi connectivity index (χ0n) is 9.02. The Kier molecular flexibility index (Phi) is 3.75. The zero-order valence-corrected chi connectivity index (χ0v) is 9.02. The smallest absolute Gasteiger partial charge is 0.127 e. The zero-order chi connectivity index (χ0) is 11.2. The Bertz CT molecular complexity index is 451. The van der Waals surface area contributed by atoms with Crippen molar-refractivity contribution in [3.63, 3.8) is 0 Å². The molecule has 0 fully saturated rings. The largest absolute Gasteiger partial charge is 0.493 e. The van der Waals surface area contributed by atoms with E-state index < -0.39 is 0 Å². The summed E-state index contributed by atoms with van der Waals surface area (Å²) in [4.78, 5) is 0.